The Morgan fingerprint density at radius 1 is 1.21 bits per heavy atom. The van der Waals surface area contributed by atoms with Gasteiger partial charge in [-0.1, -0.05) is 23.9 Å². The van der Waals surface area contributed by atoms with Gasteiger partial charge in [-0.15, -0.1) is 10.2 Å². The lowest BCUT2D eigenvalue weighted by Crippen LogP contribution is -2.15. The first-order valence-electron chi connectivity index (χ1n) is 7.36. The molecule has 2 aromatic heterocycles. The molecule has 0 spiro atoms. The van der Waals surface area contributed by atoms with Crippen molar-refractivity contribution < 1.29 is 9.21 Å². The molecule has 1 N–H and O–H groups in total. The number of carbonyl (C=O) groups excluding carboxylic acids is 1. The highest BCUT2D eigenvalue weighted by molar-refractivity contribution is 7.99. The van der Waals surface area contributed by atoms with E-state index in [2.05, 4.69) is 20.5 Å². The minimum Gasteiger partial charge on any atom is -0.411 e. The Morgan fingerprint density at radius 2 is 2.08 bits per heavy atom. The van der Waals surface area contributed by atoms with Gasteiger partial charge in [0.15, 0.2) is 0 Å². The summed E-state index contributed by atoms with van der Waals surface area (Å²) in [5.74, 6) is 0.470. The zero-order valence-electron chi connectivity index (χ0n) is 13.3. The Balaban J connectivity index is 1.59. The predicted octanol–water partition coefficient (Wildman–Crippen LogP) is 3.48. The number of carbonyl (C=O) groups is 1. The molecule has 0 fully saturated rings. The quantitative estimate of drug-likeness (QED) is 0.716. The second-order valence-corrected chi connectivity index (χ2v) is 6.13. The van der Waals surface area contributed by atoms with Crippen LogP contribution < -0.4 is 5.32 Å². The Bertz CT molecular complexity index is 849. The zero-order valence-corrected chi connectivity index (χ0v) is 14.1. The summed E-state index contributed by atoms with van der Waals surface area (Å²) in [6.07, 6.45) is 3.32. The van der Waals surface area contributed by atoms with Crippen LogP contribution in [0.4, 0.5) is 5.69 Å². The van der Waals surface area contributed by atoms with E-state index >= 15 is 0 Å². The van der Waals surface area contributed by atoms with E-state index in [0.717, 1.165) is 22.4 Å². The van der Waals surface area contributed by atoms with Crippen LogP contribution in [0.2, 0.25) is 0 Å². The van der Waals surface area contributed by atoms with Crippen molar-refractivity contribution in [2.24, 2.45) is 0 Å². The maximum absolute atomic E-state index is 12.1. The van der Waals surface area contributed by atoms with Crippen LogP contribution in [0.15, 0.2) is 52.4 Å². The third-order valence-electron chi connectivity index (χ3n) is 3.52. The van der Waals surface area contributed by atoms with E-state index in [4.69, 9.17) is 4.42 Å². The number of thioether (sulfide) groups is 1. The second kappa shape index (κ2) is 7.27. The molecule has 0 saturated heterocycles. The summed E-state index contributed by atoms with van der Waals surface area (Å²) >= 11 is 1.20. The van der Waals surface area contributed by atoms with Gasteiger partial charge in [-0.3, -0.25) is 9.78 Å². The molecule has 0 aliphatic heterocycles. The number of pyridine rings is 1. The van der Waals surface area contributed by atoms with E-state index in [1.165, 1.54) is 11.8 Å². The average molecular weight is 340 g/mol. The summed E-state index contributed by atoms with van der Waals surface area (Å²) in [5, 5.41) is 11.2. The van der Waals surface area contributed by atoms with E-state index in [9.17, 15) is 4.79 Å². The van der Waals surface area contributed by atoms with Gasteiger partial charge in [-0.2, -0.15) is 0 Å². The van der Waals surface area contributed by atoms with Gasteiger partial charge in [-0.05, 0) is 43.2 Å². The van der Waals surface area contributed by atoms with Gasteiger partial charge in [0.05, 0.1) is 11.3 Å². The maximum Gasteiger partial charge on any atom is 0.277 e. The molecule has 1 amide bonds. The van der Waals surface area contributed by atoms with Gasteiger partial charge in [0.25, 0.3) is 5.22 Å². The third kappa shape index (κ3) is 3.80. The van der Waals surface area contributed by atoms with Crippen molar-refractivity contribution in [1.29, 1.82) is 0 Å². The van der Waals surface area contributed by atoms with Crippen molar-refractivity contribution in [3.8, 4) is 11.5 Å². The summed E-state index contributed by atoms with van der Waals surface area (Å²) in [6.45, 7) is 3.99. The number of nitrogens with zero attached hydrogens (tertiary/aromatic N) is 3. The summed E-state index contributed by atoms with van der Waals surface area (Å²) in [4.78, 5) is 16.1. The fourth-order valence-corrected chi connectivity index (χ4v) is 2.64. The van der Waals surface area contributed by atoms with Crippen LogP contribution in [0.1, 0.15) is 11.1 Å². The largest absolute Gasteiger partial charge is 0.411 e. The number of nitrogens with one attached hydrogen (secondary N) is 1. The standard InChI is InChI=1S/C17H16N4O2S/c1-11-5-3-7-14(12(11)2)19-15(22)10-24-17-21-20-16(23-17)13-6-4-8-18-9-13/h3-9H,10H2,1-2H3,(H,19,22). The van der Waals surface area contributed by atoms with Gasteiger partial charge in [-0.25, -0.2) is 0 Å². The van der Waals surface area contributed by atoms with Crippen LogP contribution in [0.3, 0.4) is 0 Å². The van der Waals surface area contributed by atoms with Gasteiger partial charge < -0.3 is 9.73 Å². The normalized spacial score (nSPS) is 10.6. The van der Waals surface area contributed by atoms with Gasteiger partial charge in [0.1, 0.15) is 0 Å². The Morgan fingerprint density at radius 3 is 2.88 bits per heavy atom. The smallest absolute Gasteiger partial charge is 0.277 e. The fraction of sp³-hybridized carbons (Fsp3) is 0.176. The molecule has 0 saturated carbocycles. The molecular weight excluding hydrogens is 324 g/mol. The highest BCUT2D eigenvalue weighted by Gasteiger charge is 2.12. The zero-order chi connectivity index (χ0) is 16.9. The lowest BCUT2D eigenvalue weighted by Gasteiger charge is -2.09. The topological polar surface area (TPSA) is 80.9 Å². The summed E-state index contributed by atoms with van der Waals surface area (Å²) in [5.41, 5.74) is 3.77. The monoisotopic (exact) mass is 340 g/mol. The highest BCUT2D eigenvalue weighted by atomic mass is 32.2. The number of benzene rings is 1. The van der Waals surface area contributed by atoms with Crippen LogP contribution in [0.5, 0.6) is 0 Å². The molecule has 0 aliphatic carbocycles. The van der Waals surface area contributed by atoms with Gasteiger partial charge in [0.2, 0.25) is 11.8 Å². The molecule has 0 aliphatic rings. The van der Waals surface area contributed by atoms with Gasteiger partial charge in [0, 0.05) is 18.1 Å². The minimum absolute atomic E-state index is 0.116. The third-order valence-corrected chi connectivity index (χ3v) is 4.34. The minimum atomic E-state index is -0.116. The SMILES string of the molecule is Cc1cccc(NC(=O)CSc2nnc(-c3cccnc3)o2)c1C. The van der Waals surface area contributed by atoms with Crippen molar-refractivity contribution in [1.82, 2.24) is 15.2 Å². The molecule has 24 heavy (non-hydrogen) atoms. The molecule has 0 bridgehead atoms. The maximum atomic E-state index is 12.1. The van der Waals surface area contributed by atoms with Crippen LogP contribution in [0, 0.1) is 13.8 Å². The van der Waals surface area contributed by atoms with Crippen LogP contribution in [-0.2, 0) is 4.79 Å². The van der Waals surface area contributed by atoms with Crippen molar-refractivity contribution in [3.05, 3.63) is 53.9 Å². The first-order chi connectivity index (χ1) is 11.6. The van der Waals surface area contributed by atoms with Crippen LogP contribution >= 0.6 is 11.8 Å². The second-order valence-electron chi connectivity index (χ2n) is 5.20. The first-order valence-corrected chi connectivity index (χ1v) is 8.35. The summed E-state index contributed by atoms with van der Waals surface area (Å²) in [6, 6.07) is 9.45. The summed E-state index contributed by atoms with van der Waals surface area (Å²) in [7, 11) is 0. The molecule has 6 nitrogen and oxygen atoms in total. The lowest BCUT2D eigenvalue weighted by molar-refractivity contribution is -0.113. The van der Waals surface area contributed by atoms with E-state index in [0.29, 0.717) is 11.1 Å². The predicted molar refractivity (Wildman–Crippen MR) is 92.8 cm³/mol. The van der Waals surface area contributed by atoms with Crippen LogP contribution in [0.25, 0.3) is 11.5 Å². The Kier molecular flexibility index (Phi) is 4.90. The van der Waals surface area contributed by atoms with E-state index in [1.807, 2.05) is 38.1 Å². The van der Waals surface area contributed by atoms with Crippen LogP contribution in [-0.4, -0.2) is 26.8 Å². The molecule has 0 unspecified atom stereocenters. The molecule has 0 radical (unpaired) electrons. The Hall–Kier alpha value is -2.67. The number of hydrogen-bond acceptors (Lipinski definition) is 6. The van der Waals surface area contributed by atoms with Crippen molar-refractivity contribution in [2.75, 3.05) is 11.1 Å². The molecule has 7 heteroatoms. The van der Waals surface area contributed by atoms with Gasteiger partial charge >= 0.3 is 0 Å². The molecule has 3 aromatic rings. The Labute approximate surface area is 143 Å². The van der Waals surface area contributed by atoms with Crippen molar-refractivity contribution >= 4 is 23.4 Å². The molecule has 3 rings (SSSR count). The number of aromatic nitrogens is 3. The number of aryl methyl sites for hydroxylation is 1. The lowest BCUT2D eigenvalue weighted by atomic mass is 10.1. The van der Waals surface area contributed by atoms with E-state index < -0.39 is 0 Å². The summed E-state index contributed by atoms with van der Waals surface area (Å²) < 4.78 is 5.53. The highest BCUT2D eigenvalue weighted by Crippen LogP contribution is 2.23. The van der Waals surface area contributed by atoms with E-state index in [1.54, 1.807) is 18.5 Å². The van der Waals surface area contributed by atoms with Crippen molar-refractivity contribution in [3.63, 3.8) is 0 Å². The first kappa shape index (κ1) is 16.2. The fourth-order valence-electron chi connectivity index (χ4n) is 2.07. The molecule has 122 valence electrons. The van der Waals surface area contributed by atoms with E-state index in [-0.39, 0.29) is 11.7 Å². The van der Waals surface area contributed by atoms with Crippen molar-refractivity contribution in [2.45, 2.75) is 19.1 Å². The molecule has 2 heterocycles. The molecule has 0 atom stereocenters. The molecular formula is C17H16N4O2S. The number of hydrogen-bond donors (Lipinski definition) is 1. The number of amides is 1. The average Bonchev–Trinajstić information content (AvgIpc) is 3.07. The number of rotatable bonds is 5. The molecule has 1 aromatic carbocycles. The number of anilines is 1.